The molecule has 1 nitrogen and oxygen atoms in total. The van der Waals surface area contributed by atoms with Crippen LogP contribution >= 0.6 is 0 Å². The van der Waals surface area contributed by atoms with Crippen LogP contribution in [0.3, 0.4) is 0 Å². The number of allylic oxidation sites excluding steroid dienone is 1. The van der Waals surface area contributed by atoms with Crippen molar-refractivity contribution >= 4 is 6.08 Å². The summed E-state index contributed by atoms with van der Waals surface area (Å²) in [5, 5.41) is 0. The predicted molar refractivity (Wildman–Crippen MR) is 75.4 cm³/mol. The second-order valence-electron chi connectivity index (χ2n) is 6.29. The lowest BCUT2D eigenvalue weighted by atomic mass is 9.71. The van der Waals surface area contributed by atoms with Crippen molar-refractivity contribution in [1.82, 2.24) is 0 Å². The van der Waals surface area contributed by atoms with E-state index in [1.165, 1.54) is 12.1 Å². The molecule has 0 amide bonds. The molecule has 1 fully saturated rings. The molecular weight excluding hydrogens is 277 g/mol. The lowest BCUT2D eigenvalue weighted by Gasteiger charge is -2.47. The minimum atomic E-state index is -4.30. The molecule has 2 atom stereocenters. The van der Waals surface area contributed by atoms with E-state index in [0.717, 1.165) is 36.3 Å². The summed E-state index contributed by atoms with van der Waals surface area (Å²) in [6.45, 7) is 4.13. The van der Waals surface area contributed by atoms with Crippen LogP contribution in [0.2, 0.25) is 0 Å². The highest BCUT2D eigenvalue weighted by atomic mass is 19.4. The monoisotopic (exact) mass is 294 g/mol. The van der Waals surface area contributed by atoms with Gasteiger partial charge in [-0.2, -0.15) is 13.2 Å². The second kappa shape index (κ2) is 4.39. The van der Waals surface area contributed by atoms with Gasteiger partial charge in [0.05, 0.1) is 5.56 Å². The van der Waals surface area contributed by atoms with Crippen LogP contribution in [0.15, 0.2) is 42.2 Å². The van der Waals surface area contributed by atoms with Gasteiger partial charge in [0.2, 0.25) is 0 Å². The molecular formula is C17H17F3O. The van der Waals surface area contributed by atoms with Gasteiger partial charge in [0.25, 0.3) is 0 Å². The van der Waals surface area contributed by atoms with Crippen molar-refractivity contribution in [2.45, 2.75) is 38.5 Å². The number of benzene rings is 1. The van der Waals surface area contributed by atoms with Crippen LogP contribution in [0.4, 0.5) is 13.2 Å². The molecule has 3 aliphatic rings. The van der Waals surface area contributed by atoms with Gasteiger partial charge >= 0.3 is 6.18 Å². The van der Waals surface area contributed by atoms with Crippen molar-refractivity contribution in [2.75, 3.05) is 0 Å². The molecule has 0 aromatic heterocycles. The zero-order valence-electron chi connectivity index (χ0n) is 12.0. The summed E-state index contributed by atoms with van der Waals surface area (Å²) in [5.41, 5.74) is -0.340. The minimum absolute atomic E-state index is 0.152. The summed E-state index contributed by atoms with van der Waals surface area (Å²) in [4.78, 5) is 0. The lowest BCUT2D eigenvalue weighted by molar-refractivity contribution is -0.137. The Morgan fingerprint density at radius 1 is 1.05 bits per heavy atom. The molecule has 0 N–H and O–H groups in total. The molecule has 21 heavy (non-hydrogen) atoms. The number of fused-ring (bicyclic) bond motifs is 2. The van der Waals surface area contributed by atoms with Gasteiger partial charge in [-0.15, -0.1) is 0 Å². The number of hydrogen-bond donors (Lipinski definition) is 0. The summed E-state index contributed by atoms with van der Waals surface area (Å²) in [7, 11) is 0. The maximum absolute atomic E-state index is 12.6. The third-order valence-corrected chi connectivity index (χ3v) is 4.39. The van der Waals surface area contributed by atoms with Gasteiger partial charge in [-0.1, -0.05) is 18.2 Å². The zero-order valence-corrected chi connectivity index (χ0v) is 12.0. The first kappa shape index (κ1) is 14.2. The first-order valence-electron chi connectivity index (χ1n) is 6.99. The summed E-state index contributed by atoms with van der Waals surface area (Å²) >= 11 is 0. The number of halogens is 3. The van der Waals surface area contributed by atoms with Gasteiger partial charge in [-0.25, -0.2) is 0 Å². The van der Waals surface area contributed by atoms with E-state index in [4.69, 9.17) is 4.74 Å². The lowest BCUT2D eigenvalue weighted by Crippen LogP contribution is -2.42. The van der Waals surface area contributed by atoms with E-state index in [0.29, 0.717) is 0 Å². The van der Waals surface area contributed by atoms with Gasteiger partial charge in [0.15, 0.2) is 0 Å². The van der Waals surface area contributed by atoms with Crippen molar-refractivity contribution in [3.8, 4) is 0 Å². The number of hydrogen-bond acceptors (Lipinski definition) is 1. The van der Waals surface area contributed by atoms with E-state index in [-0.39, 0.29) is 11.0 Å². The summed E-state index contributed by atoms with van der Waals surface area (Å²) < 4.78 is 43.7. The van der Waals surface area contributed by atoms with Crippen molar-refractivity contribution < 1.29 is 17.9 Å². The summed E-state index contributed by atoms with van der Waals surface area (Å²) in [6, 6.07) is 5.18. The molecule has 1 aromatic carbocycles. The molecule has 4 rings (SSSR count). The van der Waals surface area contributed by atoms with E-state index in [9.17, 15) is 13.2 Å². The van der Waals surface area contributed by atoms with E-state index < -0.39 is 11.7 Å². The van der Waals surface area contributed by atoms with E-state index in [1.54, 1.807) is 0 Å². The Balaban J connectivity index is 1.91. The number of rotatable bonds is 1. The van der Waals surface area contributed by atoms with Crippen LogP contribution in [-0.4, -0.2) is 5.60 Å². The average molecular weight is 294 g/mol. The van der Waals surface area contributed by atoms with Crippen LogP contribution in [0.25, 0.3) is 6.08 Å². The maximum atomic E-state index is 12.6. The fourth-order valence-corrected chi connectivity index (χ4v) is 2.81. The molecule has 0 saturated carbocycles. The largest absolute Gasteiger partial charge is 0.487 e. The summed E-state index contributed by atoms with van der Waals surface area (Å²) in [6.07, 6.45) is 3.74. The topological polar surface area (TPSA) is 9.23 Å². The fourth-order valence-electron chi connectivity index (χ4n) is 2.81. The van der Waals surface area contributed by atoms with Gasteiger partial charge in [0, 0.05) is 5.41 Å². The van der Waals surface area contributed by atoms with Crippen molar-refractivity contribution in [3.05, 3.63) is 53.3 Å². The Morgan fingerprint density at radius 2 is 1.71 bits per heavy atom. The minimum Gasteiger partial charge on any atom is -0.487 e. The van der Waals surface area contributed by atoms with E-state index >= 15 is 0 Å². The van der Waals surface area contributed by atoms with Gasteiger partial charge < -0.3 is 4.74 Å². The highest BCUT2D eigenvalue weighted by Gasteiger charge is 2.44. The molecule has 1 aliphatic carbocycles. The summed E-state index contributed by atoms with van der Waals surface area (Å²) in [5.74, 6) is 0.832. The van der Waals surface area contributed by atoms with Gasteiger partial charge in [-0.05, 0) is 56.5 Å². The third kappa shape index (κ3) is 2.59. The van der Waals surface area contributed by atoms with E-state index in [2.05, 4.69) is 19.1 Å². The molecule has 2 aliphatic heterocycles. The Kier molecular flexibility index (Phi) is 2.98. The molecule has 2 bridgehead atoms. The number of alkyl halides is 3. The Bertz CT molecular complexity index is 612. The SMILES string of the molecule is C[C@]12C=C[C@](C)(CC1)/C(=C/c1ccc(C(F)(F)F)cc1)O2. The Hall–Kier alpha value is -1.71. The normalized spacial score (nSPS) is 33.3. The third-order valence-electron chi connectivity index (χ3n) is 4.39. The zero-order chi connectivity index (χ0) is 15.3. The standard InChI is InChI=1S/C17H17F3O/c1-15-7-9-16(2,10-8-15)21-14(15)11-12-3-5-13(6-4-12)17(18,19)20/h3-7,9,11H,8,10H2,1-2H3/b14-11-/t15-,16+/m1/s1. The molecule has 1 saturated heterocycles. The molecule has 4 heteroatoms. The van der Waals surface area contributed by atoms with Crippen molar-refractivity contribution in [1.29, 1.82) is 0 Å². The average Bonchev–Trinajstić information content (AvgIpc) is 2.41. The highest BCUT2D eigenvalue weighted by Crippen LogP contribution is 2.50. The van der Waals surface area contributed by atoms with Crippen molar-refractivity contribution in [2.24, 2.45) is 5.41 Å². The van der Waals surface area contributed by atoms with Gasteiger partial charge in [-0.3, -0.25) is 0 Å². The van der Waals surface area contributed by atoms with Crippen LogP contribution in [0.1, 0.15) is 37.8 Å². The maximum Gasteiger partial charge on any atom is 0.416 e. The molecule has 0 unspecified atom stereocenters. The van der Waals surface area contributed by atoms with Crippen molar-refractivity contribution in [3.63, 3.8) is 0 Å². The molecule has 0 spiro atoms. The fraction of sp³-hybridized carbons (Fsp3) is 0.412. The molecule has 0 radical (unpaired) electrons. The first-order valence-corrected chi connectivity index (χ1v) is 6.99. The number of ether oxygens (including phenoxy) is 1. The van der Waals surface area contributed by atoms with E-state index in [1.807, 2.05) is 13.0 Å². The van der Waals surface area contributed by atoms with Crippen LogP contribution < -0.4 is 0 Å². The molecule has 112 valence electrons. The van der Waals surface area contributed by atoms with Crippen LogP contribution in [0.5, 0.6) is 0 Å². The highest BCUT2D eigenvalue weighted by molar-refractivity contribution is 5.55. The smallest absolute Gasteiger partial charge is 0.416 e. The first-order chi connectivity index (χ1) is 9.70. The van der Waals surface area contributed by atoms with Crippen LogP contribution in [-0.2, 0) is 10.9 Å². The molecule has 2 heterocycles. The van der Waals surface area contributed by atoms with Crippen LogP contribution in [0, 0.1) is 5.41 Å². The van der Waals surface area contributed by atoms with Gasteiger partial charge in [0.1, 0.15) is 11.4 Å². The Labute approximate surface area is 122 Å². The predicted octanol–water partition coefficient (Wildman–Crippen LogP) is 5.19. The quantitative estimate of drug-likeness (QED) is 0.647. The molecule has 1 aromatic rings. The second-order valence-corrected chi connectivity index (χ2v) is 6.29. The Morgan fingerprint density at radius 3 is 2.24 bits per heavy atom.